The summed E-state index contributed by atoms with van der Waals surface area (Å²) in [6, 6.07) is 0. The first kappa shape index (κ1) is 8.93. The van der Waals surface area contributed by atoms with E-state index in [1.54, 1.807) is 13.8 Å². The Kier molecular flexibility index (Phi) is 2.20. The second kappa shape index (κ2) is 2.71. The molecule has 3 N–H and O–H groups in total. The second-order valence-electron chi connectivity index (χ2n) is 3.42. The first-order valence-electron chi connectivity index (χ1n) is 3.63. The maximum atomic E-state index is 9.34. The molecule has 1 fully saturated rings. The average Bonchev–Trinajstić information content (AvgIpc) is 1.95. The van der Waals surface area contributed by atoms with Crippen LogP contribution in [0.15, 0.2) is 0 Å². The number of aliphatic hydroxyl groups excluding tert-OH is 3. The van der Waals surface area contributed by atoms with Gasteiger partial charge in [-0.25, -0.2) is 0 Å². The highest BCUT2D eigenvalue weighted by atomic mass is 16.5. The van der Waals surface area contributed by atoms with Crippen molar-refractivity contribution in [2.45, 2.75) is 37.8 Å². The smallest absolute Gasteiger partial charge is 0.111 e. The van der Waals surface area contributed by atoms with E-state index in [2.05, 4.69) is 0 Å². The minimum Gasteiger partial charge on any atom is -0.388 e. The molecule has 1 aliphatic rings. The van der Waals surface area contributed by atoms with Crippen LogP contribution in [0, 0.1) is 0 Å². The molecule has 4 nitrogen and oxygen atoms in total. The molecule has 4 heteroatoms. The van der Waals surface area contributed by atoms with E-state index in [0.29, 0.717) is 0 Å². The van der Waals surface area contributed by atoms with Crippen molar-refractivity contribution in [3.05, 3.63) is 0 Å². The van der Waals surface area contributed by atoms with Gasteiger partial charge in [-0.1, -0.05) is 0 Å². The molecule has 0 aromatic carbocycles. The van der Waals surface area contributed by atoms with Crippen molar-refractivity contribution in [2.75, 3.05) is 6.61 Å². The first-order chi connectivity index (χ1) is 4.95. The molecular formula is C7H14O4. The van der Waals surface area contributed by atoms with E-state index in [4.69, 9.17) is 9.84 Å². The van der Waals surface area contributed by atoms with Gasteiger partial charge in [0.2, 0.25) is 0 Å². The quantitative estimate of drug-likeness (QED) is 0.422. The van der Waals surface area contributed by atoms with Gasteiger partial charge in [0.15, 0.2) is 0 Å². The van der Waals surface area contributed by atoms with Crippen LogP contribution >= 0.6 is 0 Å². The summed E-state index contributed by atoms with van der Waals surface area (Å²) in [6.07, 6.45) is -3.09. The van der Waals surface area contributed by atoms with E-state index in [-0.39, 0.29) is 6.61 Å². The van der Waals surface area contributed by atoms with Crippen molar-refractivity contribution < 1.29 is 20.1 Å². The molecule has 3 unspecified atom stereocenters. The Labute approximate surface area is 65.4 Å². The van der Waals surface area contributed by atoms with E-state index in [1.165, 1.54) is 0 Å². The molecule has 0 saturated carbocycles. The molecule has 11 heavy (non-hydrogen) atoms. The van der Waals surface area contributed by atoms with Gasteiger partial charge in [0.25, 0.3) is 0 Å². The zero-order valence-corrected chi connectivity index (χ0v) is 6.69. The molecule has 1 rings (SSSR count). The molecule has 3 atom stereocenters. The minimum absolute atomic E-state index is 0.0746. The van der Waals surface area contributed by atoms with E-state index >= 15 is 0 Å². The van der Waals surface area contributed by atoms with Crippen molar-refractivity contribution in [1.29, 1.82) is 0 Å². The fourth-order valence-electron chi connectivity index (χ4n) is 1.11. The first-order valence-corrected chi connectivity index (χ1v) is 3.63. The summed E-state index contributed by atoms with van der Waals surface area (Å²) in [5, 5.41) is 27.6. The van der Waals surface area contributed by atoms with Crippen LogP contribution in [0.4, 0.5) is 0 Å². The van der Waals surface area contributed by atoms with Crippen molar-refractivity contribution in [3.8, 4) is 0 Å². The predicted octanol–water partition coefficient (Wildman–Crippen LogP) is -1.12. The summed E-state index contributed by atoms with van der Waals surface area (Å²) in [5.41, 5.74) is -0.765. The fourth-order valence-corrected chi connectivity index (χ4v) is 1.11. The van der Waals surface area contributed by atoms with Gasteiger partial charge in [0.05, 0.1) is 12.2 Å². The molecule has 0 aliphatic carbocycles. The largest absolute Gasteiger partial charge is 0.388 e. The third-order valence-electron chi connectivity index (χ3n) is 2.06. The van der Waals surface area contributed by atoms with Gasteiger partial charge < -0.3 is 20.1 Å². The standard InChI is InChI=1S/C7H14O4/c1-7(2)6(10)5(9)4(8)3-11-7/h4-6,8-10H,3H2,1-2H3. The van der Waals surface area contributed by atoms with E-state index in [9.17, 15) is 10.2 Å². The van der Waals surface area contributed by atoms with E-state index in [0.717, 1.165) is 0 Å². The van der Waals surface area contributed by atoms with Gasteiger partial charge in [0.1, 0.15) is 18.3 Å². The Hall–Kier alpha value is -0.160. The Bertz CT molecular complexity index is 145. The zero-order chi connectivity index (χ0) is 8.65. The fraction of sp³-hybridized carbons (Fsp3) is 1.00. The van der Waals surface area contributed by atoms with E-state index in [1.807, 2.05) is 0 Å². The summed E-state index contributed by atoms with van der Waals surface area (Å²) in [4.78, 5) is 0. The van der Waals surface area contributed by atoms with Gasteiger partial charge in [-0.15, -0.1) is 0 Å². The highest BCUT2D eigenvalue weighted by Gasteiger charge is 2.42. The topological polar surface area (TPSA) is 69.9 Å². The maximum absolute atomic E-state index is 9.34. The molecule has 0 bridgehead atoms. The summed E-state index contributed by atoms with van der Waals surface area (Å²) in [5.74, 6) is 0. The van der Waals surface area contributed by atoms with Gasteiger partial charge in [-0.05, 0) is 13.8 Å². The lowest BCUT2D eigenvalue weighted by Gasteiger charge is -2.40. The number of rotatable bonds is 0. The summed E-state index contributed by atoms with van der Waals surface area (Å²) < 4.78 is 5.10. The van der Waals surface area contributed by atoms with Crippen molar-refractivity contribution in [3.63, 3.8) is 0 Å². The van der Waals surface area contributed by atoms with E-state index < -0.39 is 23.9 Å². The maximum Gasteiger partial charge on any atom is 0.111 e. The number of hydrogen-bond acceptors (Lipinski definition) is 4. The van der Waals surface area contributed by atoms with Gasteiger partial charge in [-0.2, -0.15) is 0 Å². The van der Waals surface area contributed by atoms with Crippen LogP contribution in [0.2, 0.25) is 0 Å². The average molecular weight is 162 g/mol. The Morgan fingerprint density at radius 3 is 2.27 bits per heavy atom. The lowest BCUT2D eigenvalue weighted by Crippen LogP contribution is -2.57. The highest BCUT2D eigenvalue weighted by molar-refractivity contribution is 4.92. The minimum atomic E-state index is -1.10. The van der Waals surface area contributed by atoms with Crippen molar-refractivity contribution in [2.24, 2.45) is 0 Å². The molecular weight excluding hydrogens is 148 g/mol. The van der Waals surface area contributed by atoms with Crippen LogP contribution in [0.25, 0.3) is 0 Å². The molecule has 0 radical (unpaired) electrons. The highest BCUT2D eigenvalue weighted by Crippen LogP contribution is 2.24. The van der Waals surface area contributed by atoms with Crippen LogP contribution in [0.3, 0.4) is 0 Å². The van der Waals surface area contributed by atoms with Gasteiger partial charge >= 0.3 is 0 Å². The van der Waals surface area contributed by atoms with Gasteiger partial charge in [0, 0.05) is 0 Å². The molecule has 1 aliphatic heterocycles. The van der Waals surface area contributed by atoms with Crippen molar-refractivity contribution >= 4 is 0 Å². The number of hydrogen-bond donors (Lipinski definition) is 3. The molecule has 1 saturated heterocycles. The molecule has 1 heterocycles. The zero-order valence-electron chi connectivity index (χ0n) is 6.69. The summed E-state index contributed by atoms with van der Waals surface area (Å²) in [6.45, 7) is 3.42. The molecule has 0 aromatic heterocycles. The molecule has 66 valence electrons. The van der Waals surface area contributed by atoms with Crippen LogP contribution in [0.1, 0.15) is 13.8 Å². The Balaban J connectivity index is 2.67. The third kappa shape index (κ3) is 1.54. The van der Waals surface area contributed by atoms with Crippen molar-refractivity contribution in [1.82, 2.24) is 0 Å². The van der Waals surface area contributed by atoms with Crippen LogP contribution < -0.4 is 0 Å². The van der Waals surface area contributed by atoms with Crippen LogP contribution in [-0.4, -0.2) is 45.8 Å². The number of ether oxygens (including phenoxy) is 1. The lowest BCUT2D eigenvalue weighted by molar-refractivity contribution is -0.222. The normalized spacial score (nSPS) is 43.9. The Morgan fingerprint density at radius 1 is 1.27 bits per heavy atom. The summed E-state index contributed by atoms with van der Waals surface area (Å²) >= 11 is 0. The summed E-state index contributed by atoms with van der Waals surface area (Å²) in [7, 11) is 0. The van der Waals surface area contributed by atoms with Crippen LogP contribution in [0.5, 0.6) is 0 Å². The second-order valence-corrected chi connectivity index (χ2v) is 3.42. The Morgan fingerprint density at radius 2 is 1.82 bits per heavy atom. The number of aliphatic hydroxyl groups is 3. The SMILES string of the molecule is CC1(C)OCC(O)C(O)C1O. The predicted molar refractivity (Wildman–Crippen MR) is 38.1 cm³/mol. The van der Waals surface area contributed by atoms with Crippen LogP contribution in [-0.2, 0) is 4.74 Å². The third-order valence-corrected chi connectivity index (χ3v) is 2.06. The van der Waals surface area contributed by atoms with Gasteiger partial charge in [-0.3, -0.25) is 0 Å². The molecule has 0 spiro atoms. The molecule has 0 aromatic rings. The monoisotopic (exact) mass is 162 g/mol. The molecule has 0 amide bonds. The lowest BCUT2D eigenvalue weighted by atomic mass is 9.91.